The van der Waals surface area contributed by atoms with E-state index in [1.165, 1.54) is 0 Å². The topological polar surface area (TPSA) is 49.4 Å². The molecule has 0 aromatic heterocycles. The number of carbonyl (C=O) groups excluding carboxylic acids is 2. The Morgan fingerprint density at radius 3 is 2.63 bits per heavy atom. The van der Waals surface area contributed by atoms with E-state index in [-0.39, 0.29) is 17.7 Å². The van der Waals surface area contributed by atoms with Crippen LogP contribution in [0, 0.1) is 12.8 Å². The average molecular weight is 327 g/mol. The SMILES string of the molecule is CNC(=O)C(C)CN(C)C(=O)c1cccc(C)c1Br. The maximum atomic E-state index is 12.3. The second kappa shape index (κ2) is 6.70. The van der Waals surface area contributed by atoms with Crippen molar-refractivity contribution in [2.45, 2.75) is 13.8 Å². The Bertz CT molecular complexity index is 488. The van der Waals surface area contributed by atoms with Crippen LogP contribution in [0.2, 0.25) is 0 Å². The van der Waals surface area contributed by atoms with Gasteiger partial charge in [0.25, 0.3) is 5.91 Å². The zero-order valence-electron chi connectivity index (χ0n) is 11.7. The molecule has 0 bridgehead atoms. The minimum absolute atomic E-state index is 0.0667. The second-order valence-electron chi connectivity index (χ2n) is 4.64. The number of carbonyl (C=O) groups is 2. The van der Waals surface area contributed by atoms with Crippen molar-refractivity contribution in [3.8, 4) is 0 Å². The van der Waals surface area contributed by atoms with Crippen LogP contribution >= 0.6 is 15.9 Å². The first kappa shape index (κ1) is 15.7. The van der Waals surface area contributed by atoms with Gasteiger partial charge in [0.05, 0.1) is 11.5 Å². The number of rotatable bonds is 4. The van der Waals surface area contributed by atoms with Crippen LogP contribution in [0.5, 0.6) is 0 Å². The summed E-state index contributed by atoms with van der Waals surface area (Å²) in [5.74, 6) is -0.392. The molecule has 0 spiro atoms. The summed E-state index contributed by atoms with van der Waals surface area (Å²) in [5, 5.41) is 2.58. The molecule has 104 valence electrons. The van der Waals surface area contributed by atoms with Gasteiger partial charge in [-0.05, 0) is 34.5 Å². The van der Waals surface area contributed by atoms with Crippen LogP contribution < -0.4 is 5.32 Å². The molecule has 1 aromatic rings. The number of hydrogen-bond acceptors (Lipinski definition) is 2. The van der Waals surface area contributed by atoms with Gasteiger partial charge in [-0.3, -0.25) is 9.59 Å². The number of halogens is 1. The zero-order valence-corrected chi connectivity index (χ0v) is 13.2. The third kappa shape index (κ3) is 3.80. The van der Waals surface area contributed by atoms with Gasteiger partial charge in [-0.2, -0.15) is 0 Å². The number of amides is 2. The Kier molecular flexibility index (Phi) is 5.54. The van der Waals surface area contributed by atoms with E-state index in [1.807, 2.05) is 19.1 Å². The highest BCUT2D eigenvalue weighted by Gasteiger charge is 2.20. The lowest BCUT2D eigenvalue weighted by Gasteiger charge is -2.21. The number of hydrogen-bond donors (Lipinski definition) is 1. The minimum Gasteiger partial charge on any atom is -0.359 e. The van der Waals surface area contributed by atoms with E-state index < -0.39 is 0 Å². The summed E-state index contributed by atoms with van der Waals surface area (Å²) in [6.07, 6.45) is 0. The fourth-order valence-corrected chi connectivity index (χ4v) is 2.28. The molecule has 1 N–H and O–H groups in total. The molecule has 0 aliphatic carbocycles. The van der Waals surface area contributed by atoms with E-state index in [1.54, 1.807) is 32.0 Å². The highest BCUT2D eigenvalue weighted by molar-refractivity contribution is 9.10. The van der Waals surface area contributed by atoms with Crippen molar-refractivity contribution in [1.82, 2.24) is 10.2 Å². The van der Waals surface area contributed by atoms with Gasteiger partial charge in [-0.25, -0.2) is 0 Å². The maximum absolute atomic E-state index is 12.3. The van der Waals surface area contributed by atoms with E-state index in [9.17, 15) is 9.59 Å². The largest absolute Gasteiger partial charge is 0.359 e. The number of nitrogens with one attached hydrogen (secondary N) is 1. The Hall–Kier alpha value is -1.36. The van der Waals surface area contributed by atoms with Crippen molar-refractivity contribution >= 4 is 27.7 Å². The Labute approximate surface area is 122 Å². The van der Waals surface area contributed by atoms with Crippen LogP contribution in [-0.4, -0.2) is 37.4 Å². The Balaban J connectivity index is 2.83. The van der Waals surface area contributed by atoms with Crippen LogP contribution in [-0.2, 0) is 4.79 Å². The molecule has 0 heterocycles. The summed E-state index contributed by atoms with van der Waals surface area (Å²) < 4.78 is 0.805. The van der Waals surface area contributed by atoms with Crippen molar-refractivity contribution < 1.29 is 9.59 Å². The summed E-state index contributed by atoms with van der Waals surface area (Å²) in [5.41, 5.74) is 1.63. The van der Waals surface area contributed by atoms with Crippen LogP contribution in [0.3, 0.4) is 0 Å². The molecule has 0 aliphatic heterocycles. The highest BCUT2D eigenvalue weighted by Crippen LogP contribution is 2.22. The van der Waals surface area contributed by atoms with Crippen LogP contribution in [0.4, 0.5) is 0 Å². The van der Waals surface area contributed by atoms with Crippen LogP contribution in [0.1, 0.15) is 22.8 Å². The zero-order chi connectivity index (χ0) is 14.6. The van der Waals surface area contributed by atoms with Crippen molar-refractivity contribution in [1.29, 1.82) is 0 Å². The van der Waals surface area contributed by atoms with Crippen molar-refractivity contribution in [2.75, 3.05) is 20.6 Å². The van der Waals surface area contributed by atoms with E-state index in [0.717, 1.165) is 10.0 Å². The normalized spacial score (nSPS) is 11.8. The third-order valence-electron chi connectivity index (χ3n) is 3.01. The summed E-state index contributed by atoms with van der Waals surface area (Å²) in [6, 6.07) is 5.57. The number of aryl methyl sites for hydroxylation is 1. The van der Waals surface area contributed by atoms with Gasteiger partial charge < -0.3 is 10.2 Å². The summed E-state index contributed by atoms with van der Waals surface area (Å²) in [4.78, 5) is 25.4. The average Bonchev–Trinajstić information content (AvgIpc) is 2.39. The van der Waals surface area contributed by atoms with Crippen molar-refractivity contribution in [3.63, 3.8) is 0 Å². The molecule has 0 radical (unpaired) electrons. The quantitative estimate of drug-likeness (QED) is 0.922. The monoisotopic (exact) mass is 326 g/mol. The van der Waals surface area contributed by atoms with Gasteiger partial charge >= 0.3 is 0 Å². The first-order chi connectivity index (χ1) is 8.88. The molecule has 1 atom stereocenters. The fraction of sp³-hybridized carbons (Fsp3) is 0.429. The number of benzene rings is 1. The predicted octanol–water partition coefficient (Wildman–Crippen LogP) is 2.21. The molecule has 0 saturated heterocycles. The van der Waals surface area contributed by atoms with Crippen molar-refractivity contribution in [3.05, 3.63) is 33.8 Å². The summed E-state index contributed by atoms with van der Waals surface area (Å²) >= 11 is 3.43. The minimum atomic E-state index is -0.234. The predicted molar refractivity (Wildman–Crippen MR) is 79.1 cm³/mol. The number of nitrogens with zero attached hydrogens (tertiary/aromatic N) is 1. The van der Waals surface area contributed by atoms with Gasteiger partial charge in [-0.15, -0.1) is 0 Å². The molecular weight excluding hydrogens is 308 g/mol. The molecule has 1 unspecified atom stereocenters. The molecule has 0 saturated carbocycles. The van der Waals surface area contributed by atoms with Gasteiger partial charge in [-0.1, -0.05) is 19.1 Å². The van der Waals surface area contributed by atoms with E-state index in [0.29, 0.717) is 12.1 Å². The third-order valence-corrected chi connectivity index (χ3v) is 4.06. The maximum Gasteiger partial charge on any atom is 0.254 e. The van der Waals surface area contributed by atoms with Gasteiger partial charge in [0, 0.05) is 25.1 Å². The molecule has 2 amide bonds. The Morgan fingerprint density at radius 2 is 2.05 bits per heavy atom. The van der Waals surface area contributed by atoms with E-state index >= 15 is 0 Å². The van der Waals surface area contributed by atoms with E-state index in [2.05, 4.69) is 21.2 Å². The Morgan fingerprint density at radius 1 is 1.42 bits per heavy atom. The smallest absolute Gasteiger partial charge is 0.254 e. The lowest BCUT2D eigenvalue weighted by molar-refractivity contribution is -0.124. The summed E-state index contributed by atoms with van der Waals surface area (Å²) in [7, 11) is 3.30. The molecule has 5 heteroatoms. The highest BCUT2D eigenvalue weighted by atomic mass is 79.9. The molecular formula is C14H19BrN2O2. The molecule has 0 aliphatic rings. The van der Waals surface area contributed by atoms with Crippen LogP contribution in [0.15, 0.2) is 22.7 Å². The second-order valence-corrected chi connectivity index (χ2v) is 5.43. The van der Waals surface area contributed by atoms with Gasteiger partial charge in [0.2, 0.25) is 5.91 Å². The molecule has 4 nitrogen and oxygen atoms in total. The van der Waals surface area contributed by atoms with Crippen molar-refractivity contribution in [2.24, 2.45) is 5.92 Å². The van der Waals surface area contributed by atoms with E-state index in [4.69, 9.17) is 0 Å². The summed E-state index contributed by atoms with van der Waals surface area (Å²) in [6.45, 7) is 4.13. The molecule has 1 aromatic carbocycles. The first-order valence-corrected chi connectivity index (χ1v) is 6.90. The lowest BCUT2D eigenvalue weighted by Crippen LogP contribution is -2.37. The lowest BCUT2D eigenvalue weighted by atomic mass is 10.1. The van der Waals surface area contributed by atoms with Gasteiger partial charge in [0.15, 0.2) is 0 Å². The fourth-order valence-electron chi connectivity index (χ4n) is 1.84. The molecule has 1 rings (SSSR count). The standard InChI is InChI=1S/C14H19BrN2O2/c1-9-6-5-7-11(12(9)15)14(19)17(4)8-10(2)13(18)16-3/h5-7,10H,8H2,1-4H3,(H,16,18). The first-order valence-electron chi connectivity index (χ1n) is 6.10. The van der Waals surface area contributed by atoms with Crippen LogP contribution in [0.25, 0.3) is 0 Å². The molecule has 19 heavy (non-hydrogen) atoms. The van der Waals surface area contributed by atoms with Gasteiger partial charge in [0.1, 0.15) is 0 Å². The molecule has 0 fully saturated rings.